The van der Waals surface area contributed by atoms with Gasteiger partial charge in [-0.05, 0) is 48.9 Å². The van der Waals surface area contributed by atoms with E-state index < -0.39 is 11.7 Å². The van der Waals surface area contributed by atoms with Crippen LogP contribution >= 0.6 is 0 Å². The summed E-state index contributed by atoms with van der Waals surface area (Å²) in [5.74, 6) is 1.46. The van der Waals surface area contributed by atoms with Crippen LogP contribution in [-0.4, -0.2) is 52.1 Å². The van der Waals surface area contributed by atoms with Crippen LogP contribution in [0.15, 0.2) is 54.6 Å². The molecule has 2 aliphatic heterocycles. The monoisotopic (exact) mass is 511 g/mol. The van der Waals surface area contributed by atoms with Crippen LogP contribution in [-0.2, 0) is 19.3 Å². The molecular weight excluding hydrogens is 479 g/mol. The third-order valence-corrected chi connectivity index (χ3v) is 6.89. The Morgan fingerprint density at radius 3 is 2.24 bits per heavy atom. The van der Waals surface area contributed by atoms with Crippen molar-refractivity contribution in [1.29, 1.82) is 0 Å². The maximum Gasteiger partial charge on any atom is 0.416 e. The summed E-state index contributed by atoms with van der Waals surface area (Å²) in [6, 6.07) is 16.0. The highest BCUT2D eigenvalue weighted by molar-refractivity contribution is 5.45. The van der Waals surface area contributed by atoms with Gasteiger partial charge in [-0.1, -0.05) is 42.5 Å². The minimum Gasteiger partial charge on any atom is -0.351 e. The fourth-order valence-electron chi connectivity index (χ4n) is 4.87. The summed E-state index contributed by atoms with van der Waals surface area (Å²) in [6.45, 7) is 4.87. The Morgan fingerprint density at radius 2 is 1.51 bits per heavy atom. The van der Waals surface area contributed by atoms with Gasteiger partial charge in [0.05, 0.1) is 5.56 Å². The highest BCUT2D eigenvalue weighted by atomic mass is 19.4. The third kappa shape index (κ3) is 6.88. The highest BCUT2D eigenvalue weighted by Crippen LogP contribution is 2.30. The van der Waals surface area contributed by atoms with Gasteiger partial charge < -0.3 is 15.5 Å². The van der Waals surface area contributed by atoms with Crippen LogP contribution in [0.2, 0.25) is 0 Å². The number of anilines is 3. The number of aromatic nitrogens is 3. The summed E-state index contributed by atoms with van der Waals surface area (Å²) < 4.78 is 39.3. The molecule has 2 saturated heterocycles. The minimum absolute atomic E-state index is 0.185. The van der Waals surface area contributed by atoms with Gasteiger partial charge in [0, 0.05) is 45.3 Å². The van der Waals surface area contributed by atoms with E-state index in [9.17, 15) is 13.2 Å². The largest absolute Gasteiger partial charge is 0.416 e. The Labute approximate surface area is 215 Å². The van der Waals surface area contributed by atoms with Crippen molar-refractivity contribution in [3.05, 3.63) is 71.3 Å². The van der Waals surface area contributed by atoms with Crippen LogP contribution < -0.4 is 15.5 Å². The summed E-state index contributed by atoms with van der Waals surface area (Å²) in [7, 11) is 0. The normalized spacial score (nSPS) is 17.2. The average Bonchev–Trinajstić information content (AvgIpc) is 3.44. The fraction of sp³-hybridized carbons (Fsp3) is 0.444. The maximum atomic E-state index is 13.1. The van der Waals surface area contributed by atoms with E-state index >= 15 is 0 Å². The van der Waals surface area contributed by atoms with E-state index in [0.29, 0.717) is 23.4 Å². The quantitative estimate of drug-likeness (QED) is 0.432. The molecule has 2 N–H and O–H groups in total. The fourth-order valence-corrected chi connectivity index (χ4v) is 4.87. The number of nitrogens with one attached hydrogen (secondary N) is 2. The van der Waals surface area contributed by atoms with Crippen LogP contribution in [0.5, 0.6) is 0 Å². The van der Waals surface area contributed by atoms with Crippen molar-refractivity contribution in [2.45, 2.75) is 51.0 Å². The van der Waals surface area contributed by atoms with Gasteiger partial charge in [0.2, 0.25) is 17.8 Å². The molecule has 7 nitrogen and oxygen atoms in total. The Kier molecular flexibility index (Phi) is 7.73. The molecule has 0 atom stereocenters. The number of likely N-dealkylation sites (tertiary alicyclic amines) is 1. The summed E-state index contributed by atoms with van der Waals surface area (Å²) in [5.41, 5.74) is 1.16. The van der Waals surface area contributed by atoms with Crippen molar-refractivity contribution in [3.8, 4) is 0 Å². The molecule has 0 aliphatic carbocycles. The van der Waals surface area contributed by atoms with Crippen molar-refractivity contribution in [2.75, 3.05) is 41.7 Å². The lowest BCUT2D eigenvalue weighted by Gasteiger charge is -2.32. The number of hydrogen-bond donors (Lipinski definition) is 2. The Morgan fingerprint density at radius 1 is 0.811 bits per heavy atom. The molecule has 2 aliphatic rings. The zero-order valence-electron chi connectivity index (χ0n) is 20.7. The third-order valence-electron chi connectivity index (χ3n) is 6.89. The van der Waals surface area contributed by atoms with Crippen molar-refractivity contribution in [2.24, 2.45) is 0 Å². The van der Waals surface area contributed by atoms with E-state index in [-0.39, 0.29) is 12.6 Å². The van der Waals surface area contributed by atoms with E-state index in [0.717, 1.165) is 70.5 Å². The number of benzene rings is 2. The van der Waals surface area contributed by atoms with Crippen LogP contribution in [0.3, 0.4) is 0 Å². The molecular formula is C27H32F3N7. The lowest BCUT2D eigenvalue weighted by atomic mass is 10.0. The highest BCUT2D eigenvalue weighted by Gasteiger charge is 2.30. The van der Waals surface area contributed by atoms with Crippen LogP contribution in [0.1, 0.15) is 42.4 Å². The molecule has 5 rings (SSSR count). The molecule has 1 aromatic heterocycles. The van der Waals surface area contributed by atoms with Crippen molar-refractivity contribution in [1.82, 2.24) is 19.9 Å². The first-order chi connectivity index (χ1) is 17.9. The average molecular weight is 512 g/mol. The van der Waals surface area contributed by atoms with Gasteiger partial charge >= 0.3 is 6.18 Å². The Balaban J connectivity index is 1.24. The molecule has 0 spiro atoms. The number of hydrogen-bond acceptors (Lipinski definition) is 7. The van der Waals surface area contributed by atoms with Crippen LogP contribution in [0.25, 0.3) is 0 Å². The van der Waals surface area contributed by atoms with Crippen molar-refractivity contribution in [3.63, 3.8) is 0 Å². The number of alkyl halides is 3. The molecule has 0 unspecified atom stereocenters. The first-order valence-electron chi connectivity index (χ1n) is 12.9. The predicted molar refractivity (Wildman–Crippen MR) is 138 cm³/mol. The number of piperidine rings is 1. The van der Waals surface area contributed by atoms with Gasteiger partial charge in [0.25, 0.3) is 0 Å². The number of halogens is 3. The second-order valence-corrected chi connectivity index (χ2v) is 9.71. The molecule has 2 aromatic carbocycles. The molecule has 3 heterocycles. The van der Waals surface area contributed by atoms with Gasteiger partial charge in [-0.15, -0.1) is 0 Å². The van der Waals surface area contributed by atoms with E-state index in [1.165, 1.54) is 11.6 Å². The molecule has 3 aromatic rings. The van der Waals surface area contributed by atoms with Crippen molar-refractivity contribution < 1.29 is 13.2 Å². The summed E-state index contributed by atoms with van der Waals surface area (Å²) in [5, 5.41) is 6.60. The zero-order valence-corrected chi connectivity index (χ0v) is 20.7. The minimum atomic E-state index is -4.38. The summed E-state index contributed by atoms with van der Waals surface area (Å²) in [6.07, 6.45) is -0.252. The smallest absolute Gasteiger partial charge is 0.351 e. The molecule has 2 fully saturated rings. The summed E-state index contributed by atoms with van der Waals surface area (Å²) in [4.78, 5) is 18.4. The molecule has 37 heavy (non-hydrogen) atoms. The molecule has 0 bridgehead atoms. The van der Waals surface area contributed by atoms with E-state index in [1.807, 2.05) is 6.07 Å². The van der Waals surface area contributed by atoms with E-state index in [4.69, 9.17) is 0 Å². The van der Waals surface area contributed by atoms with E-state index in [1.54, 1.807) is 6.07 Å². The maximum absolute atomic E-state index is 13.1. The van der Waals surface area contributed by atoms with Crippen LogP contribution in [0, 0.1) is 0 Å². The first kappa shape index (κ1) is 25.3. The SMILES string of the molecule is FC(F)(F)c1cccc(CNc2nc(NC3CCN(Cc4ccccc4)CC3)nc(N3CCCC3)n2)c1. The molecule has 0 saturated carbocycles. The predicted octanol–water partition coefficient (Wildman–Crippen LogP) is 5.18. The zero-order chi connectivity index (χ0) is 25.7. The van der Waals surface area contributed by atoms with E-state index in [2.05, 4.69) is 59.7 Å². The van der Waals surface area contributed by atoms with Gasteiger partial charge in [-0.25, -0.2) is 0 Å². The first-order valence-corrected chi connectivity index (χ1v) is 12.9. The molecule has 196 valence electrons. The van der Waals surface area contributed by atoms with Gasteiger partial charge in [0.15, 0.2) is 0 Å². The molecule has 10 heteroatoms. The van der Waals surface area contributed by atoms with Gasteiger partial charge in [0.1, 0.15) is 0 Å². The Hall–Kier alpha value is -3.40. The molecule has 0 radical (unpaired) electrons. The standard InChI is InChI=1S/C27H32F3N7/c28-27(29,30)22-10-6-9-21(17-22)18-31-24-33-25(35-26(34-24)37-13-4-5-14-37)32-23-11-15-36(16-12-23)19-20-7-2-1-3-8-20/h1-3,6-10,17,23H,4-5,11-16,18-19H2,(H2,31,32,33,34,35). The van der Waals surface area contributed by atoms with Gasteiger partial charge in [-0.2, -0.15) is 28.1 Å². The topological polar surface area (TPSA) is 69.2 Å². The molecule has 0 amide bonds. The lowest BCUT2D eigenvalue weighted by Crippen LogP contribution is -2.39. The second kappa shape index (κ2) is 11.3. The number of nitrogens with zero attached hydrogens (tertiary/aromatic N) is 5. The van der Waals surface area contributed by atoms with Gasteiger partial charge in [-0.3, -0.25) is 4.90 Å². The lowest BCUT2D eigenvalue weighted by molar-refractivity contribution is -0.137. The number of rotatable bonds is 8. The summed E-state index contributed by atoms with van der Waals surface area (Å²) >= 11 is 0. The van der Waals surface area contributed by atoms with Crippen molar-refractivity contribution >= 4 is 17.8 Å². The Bertz CT molecular complexity index is 1160. The second-order valence-electron chi connectivity index (χ2n) is 9.71. The van der Waals surface area contributed by atoms with Crippen LogP contribution in [0.4, 0.5) is 31.0 Å².